The third kappa shape index (κ3) is 4.47. The fourth-order valence-electron chi connectivity index (χ4n) is 8.97. The molecule has 0 saturated carbocycles. The van der Waals surface area contributed by atoms with Crippen LogP contribution in [0.25, 0.3) is 93.3 Å². The van der Waals surface area contributed by atoms with E-state index in [4.69, 9.17) is 8.83 Å². The van der Waals surface area contributed by atoms with Crippen LogP contribution in [0.4, 0.5) is 17.1 Å². The molecule has 0 saturated heterocycles. The lowest BCUT2D eigenvalue weighted by molar-refractivity contribution is 0.669. The van der Waals surface area contributed by atoms with Gasteiger partial charge in [0, 0.05) is 43.7 Å². The molecule has 0 aliphatic heterocycles. The molecule has 0 fully saturated rings. The quantitative estimate of drug-likeness (QED) is 0.178. The van der Waals surface area contributed by atoms with E-state index in [-0.39, 0.29) is 0 Å². The molecular weight excluding hydrogens is 685 g/mol. The first-order chi connectivity index (χ1) is 27.8. The Bertz CT molecular complexity index is 3500. The molecule has 12 rings (SSSR count). The van der Waals surface area contributed by atoms with Crippen LogP contribution in [0.3, 0.4) is 0 Å². The maximum absolute atomic E-state index is 6.74. The fraction of sp³-hybridized carbons (Fsp3) is 0. The molecule has 262 valence electrons. The van der Waals surface area contributed by atoms with Crippen LogP contribution in [0.5, 0.6) is 0 Å². The Labute approximate surface area is 321 Å². The topological polar surface area (TPSA) is 34.5 Å². The summed E-state index contributed by atoms with van der Waals surface area (Å²) >= 11 is 0. The second kappa shape index (κ2) is 12.0. The molecule has 9 aromatic carbocycles. The van der Waals surface area contributed by atoms with Gasteiger partial charge in [0.15, 0.2) is 5.58 Å². The number of hydrogen-bond donors (Lipinski definition) is 0. The minimum Gasteiger partial charge on any atom is -0.455 e. The number of rotatable bonds is 5. The van der Waals surface area contributed by atoms with Crippen molar-refractivity contribution in [2.45, 2.75) is 0 Å². The molecule has 56 heavy (non-hydrogen) atoms. The number of hydrogen-bond acceptors (Lipinski definition) is 3. The highest BCUT2D eigenvalue weighted by Crippen LogP contribution is 2.48. The Morgan fingerprint density at radius 1 is 0.393 bits per heavy atom. The molecule has 3 aromatic heterocycles. The van der Waals surface area contributed by atoms with Gasteiger partial charge in [0.05, 0.1) is 27.8 Å². The van der Waals surface area contributed by atoms with Gasteiger partial charge in [-0.2, -0.15) is 0 Å². The molecule has 0 atom stereocenters. The van der Waals surface area contributed by atoms with Gasteiger partial charge in [0.1, 0.15) is 16.7 Å². The smallest absolute Gasteiger partial charge is 0.159 e. The van der Waals surface area contributed by atoms with Gasteiger partial charge in [-0.25, -0.2) is 0 Å². The Morgan fingerprint density at radius 3 is 2.00 bits per heavy atom. The number of para-hydroxylation sites is 4. The summed E-state index contributed by atoms with van der Waals surface area (Å²) in [5.74, 6) is 0. The van der Waals surface area contributed by atoms with Crippen molar-refractivity contribution in [3.05, 3.63) is 194 Å². The number of aromatic nitrogens is 1. The fourth-order valence-corrected chi connectivity index (χ4v) is 8.97. The van der Waals surface area contributed by atoms with E-state index >= 15 is 0 Å². The SMILES string of the molecule is c1ccc(-n2c3ccccc3c3c(-c4cccc(N(c5cccc6c5oc5ccccc56)c5cccc6oc7c8ccccc8ccc7c56)c4)cccc32)cc1. The van der Waals surface area contributed by atoms with Crippen LogP contribution in [0.2, 0.25) is 0 Å². The molecule has 4 nitrogen and oxygen atoms in total. The largest absolute Gasteiger partial charge is 0.455 e. The van der Waals surface area contributed by atoms with Crippen LogP contribution < -0.4 is 4.90 Å². The Kier molecular flexibility index (Phi) is 6.60. The number of benzene rings is 9. The van der Waals surface area contributed by atoms with Gasteiger partial charge in [-0.15, -0.1) is 0 Å². The Balaban J connectivity index is 1.14. The minimum absolute atomic E-state index is 0.836. The summed E-state index contributed by atoms with van der Waals surface area (Å²) in [6.07, 6.45) is 0. The average Bonchev–Trinajstić information content (AvgIpc) is 3.95. The maximum atomic E-state index is 6.74. The summed E-state index contributed by atoms with van der Waals surface area (Å²) in [7, 11) is 0. The monoisotopic (exact) mass is 716 g/mol. The summed E-state index contributed by atoms with van der Waals surface area (Å²) in [6, 6.07) is 68.9. The first kappa shape index (κ1) is 30.9. The zero-order valence-corrected chi connectivity index (χ0v) is 30.2. The van der Waals surface area contributed by atoms with Gasteiger partial charge in [-0.05, 0) is 83.2 Å². The minimum atomic E-state index is 0.836. The first-order valence-electron chi connectivity index (χ1n) is 19.0. The predicted octanol–water partition coefficient (Wildman–Crippen LogP) is 14.9. The average molecular weight is 717 g/mol. The van der Waals surface area contributed by atoms with Gasteiger partial charge in [-0.1, -0.05) is 127 Å². The molecule has 0 spiro atoms. The van der Waals surface area contributed by atoms with E-state index in [0.717, 1.165) is 83.0 Å². The van der Waals surface area contributed by atoms with Crippen LogP contribution >= 0.6 is 0 Å². The summed E-state index contributed by atoms with van der Waals surface area (Å²) < 4.78 is 15.9. The van der Waals surface area contributed by atoms with Crippen molar-refractivity contribution in [1.82, 2.24) is 4.57 Å². The van der Waals surface area contributed by atoms with E-state index in [0.29, 0.717) is 0 Å². The highest BCUT2D eigenvalue weighted by Gasteiger charge is 2.24. The molecule has 0 amide bonds. The van der Waals surface area contributed by atoms with E-state index in [9.17, 15) is 0 Å². The van der Waals surface area contributed by atoms with Crippen LogP contribution in [0.1, 0.15) is 0 Å². The van der Waals surface area contributed by atoms with Gasteiger partial charge in [0.25, 0.3) is 0 Å². The van der Waals surface area contributed by atoms with E-state index in [1.54, 1.807) is 0 Å². The van der Waals surface area contributed by atoms with Crippen LogP contribution in [0, 0.1) is 0 Å². The second-order valence-electron chi connectivity index (χ2n) is 14.4. The molecule has 0 radical (unpaired) electrons. The van der Waals surface area contributed by atoms with E-state index in [2.05, 4.69) is 191 Å². The van der Waals surface area contributed by atoms with Crippen LogP contribution in [-0.2, 0) is 0 Å². The van der Waals surface area contributed by atoms with Crippen molar-refractivity contribution < 1.29 is 8.83 Å². The van der Waals surface area contributed by atoms with Gasteiger partial charge >= 0.3 is 0 Å². The zero-order chi connectivity index (χ0) is 36.7. The van der Waals surface area contributed by atoms with Crippen molar-refractivity contribution >= 4 is 93.5 Å². The molecule has 0 unspecified atom stereocenters. The molecular formula is C52H32N2O2. The number of anilines is 3. The lowest BCUT2D eigenvalue weighted by atomic mass is 9.98. The second-order valence-corrected chi connectivity index (χ2v) is 14.4. The molecule has 0 aliphatic rings. The maximum Gasteiger partial charge on any atom is 0.159 e. The van der Waals surface area contributed by atoms with Crippen molar-refractivity contribution in [2.75, 3.05) is 4.90 Å². The lowest BCUT2D eigenvalue weighted by Crippen LogP contribution is -2.10. The van der Waals surface area contributed by atoms with Crippen LogP contribution in [-0.4, -0.2) is 4.57 Å². The summed E-state index contributed by atoms with van der Waals surface area (Å²) in [6.45, 7) is 0. The number of nitrogens with zero attached hydrogens (tertiary/aromatic N) is 2. The molecule has 0 aliphatic carbocycles. The summed E-state index contributed by atoms with van der Waals surface area (Å²) in [4.78, 5) is 2.36. The van der Waals surface area contributed by atoms with Gasteiger partial charge in [-0.3, -0.25) is 0 Å². The summed E-state index contributed by atoms with van der Waals surface area (Å²) in [5.41, 5.74) is 12.2. The number of furan rings is 2. The molecule has 0 N–H and O–H groups in total. The number of fused-ring (bicyclic) bond motifs is 11. The van der Waals surface area contributed by atoms with Gasteiger partial charge in [0.2, 0.25) is 0 Å². The van der Waals surface area contributed by atoms with Gasteiger partial charge < -0.3 is 18.3 Å². The molecule has 12 aromatic rings. The highest BCUT2D eigenvalue weighted by atomic mass is 16.3. The van der Waals surface area contributed by atoms with Crippen LogP contribution in [0.15, 0.2) is 203 Å². The first-order valence-corrected chi connectivity index (χ1v) is 19.0. The normalized spacial score (nSPS) is 11.9. The zero-order valence-electron chi connectivity index (χ0n) is 30.2. The van der Waals surface area contributed by atoms with Crippen molar-refractivity contribution in [3.63, 3.8) is 0 Å². The van der Waals surface area contributed by atoms with E-state index in [1.807, 2.05) is 12.1 Å². The predicted molar refractivity (Wildman–Crippen MR) is 233 cm³/mol. The van der Waals surface area contributed by atoms with Crippen molar-refractivity contribution in [3.8, 4) is 16.8 Å². The lowest BCUT2D eigenvalue weighted by Gasteiger charge is -2.27. The van der Waals surface area contributed by atoms with Crippen molar-refractivity contribution in [2.24, 2.45) is 0 Å². The van der Waals surface area contributed by atoms with E-state index < -0.39 is 0 Å². The third-order valence-electron chi connectivity index (χ3n) is 11.4. The Morgan fingerprint density at radius 2 is 1.07 bits per heavy atom. The highest BCUT2D eigenvalue weighted by molar-refractivity contribution is 6.21. The summed E-state index contributed by atoms with van der Waals surface area (Å²) in [5, 5.41) is 9.00. The molecule has 0 bridgehead atoms. The van der Waals surface area contributed by atoms with Crippen molar-refractivity contribution in [1.29, 1.82) is 0 Å². The Hall–Kier alpha value is -7.56. The molecule has 4 heteroatoms. The molecule has 3 heterocycles. The standard InChI is InChI=1S/C52H32N2O2/c1-2-16-35(17-3-1)53-43-24-8-6-21-41(43)49-37(22-11-25-44(49)53)34-15-10-18-36(32-34)54(46-27-12-23-40-39-20-7-9-28-47(39)55-52(40)46)45-26-13-29-48-50(45)42-31-30-33-14-4-5-19-38(33)51(42)56-48/h1-32H. The van der Waals surface area contributed by atoms with E-state index in [1.165, 1.54) is 27.4 Å². The third-order valence-corrected chi connectivity index (χ3v) is 11.4.